The number of fused-ring (bicyclic) bond motifs is 5. The second-order valence-electron chi connectivity index (χ2n) is 4.28. The molecular formula is C15H8BrCl3SZr. The zero-order valence-corrected chi connectivity index (χ0v) is 17.7. The number of halogens is 4. The molecule has 0 atom stereocenters. The summed E-state index contributed by atoms with van der Waals surface area (Å²) >= 11 is 5.40. The van der Waals surface area contributed by atoms with E-state index in [0.717, 1.165) is 10.9 Å². The van der Waals surface area contributed by atoms with E-state index in [1.54, 1.807) is 0 Å². The van der Waals surface area contributed by atoms with Gasteiger partial charge in [-0.2, -0.15) is 18.2 Å². The topological polar surface area (TPSA) is 0 Å². The molecule has 0 N–H and O–H groups in total. The van der Waals surface area contributed by atoms with Gasteiger partial charge in [0.15, 0.2) is 0 Å². The minimum atomic E-state index is 0. The van der Waals surface area contributed by atoms with Crippen LogP contribution < -0.4 is 37.2 Å². The van der Waals surface area contributed by atoms with Crippen molar-refractivity contribution >= 4 is 37.4 Å². The Bertz CT molecular complexity index is 758. The summed E-state index contributed by atoms with van der Waals surface area (Å²) in [5.74, 6) is 0. The Hall–Kier alpha value is 0.633. The smallest absolute Gasteiger partial charge is 1.00 e. The molecule has 0 saturated carbocycles. The van der Waals surface area contributed by atoms with Gasteiger partial charge in [-0.25, -0.2) is 0 Å². The van der Waals surface area contributed by atoms with Crippen LogP contribution in [0.4, 0.5) is 0 Å². The van der Waals surface area contributed by atoms with Crippen molar-refractivity contribution in [3.63, 3.8) is 0 Å². The van der Waals surface area contributed by atoms with Crippen LogP contribution >= 0.6 is 27.3 Å². The van der Waals surface area contributed by atoms with Crippen molar-refractivity contribution < 1.29 is 63.4 Å². The zero-order valence-electron chi connectivity index (χ0n) is 10.6. The summed E-state index contributed by atoms with van der Waals surface area (Å²) in [5, 5.41) is 1.41. The van der Waals surface area contributed by atoms with Crippen molar-refractivity contribution in [2.45, 2.75) is 6.42 Å². The molecule has 0 radical (unpaired) electrons. The van der Waals surface area contributed by atoms with E-state index in [4.69, 9.17) is 0 Å². The van der Waals surface area contributed by atoms with Crippen molar-refractivity contribution in [3.05, 3.63) is 58.1 Å². The summed E-state index contributed by atoms with van der Waals surface area (Å²) < 4.78 is 2.45. The van der Waals surface area contributed by atoms with Crippen LogP contribution in [-0.4, -0.2) is 0 Å². The van der Waals surface area contributed by atoms with E-state index in [-0.39, 0.29) is 63.4 Å². The van der Waals surface area contributed by atoms with Gasteiger partial charge in [-0.3, -0.25) is 0 Å². The molecule has 0 amide bonds. The summed E-state index contributed by atoms with van der Waals surface area (Å²) in [6.45, 7) is 0. The number of thiophene rings is 1. The van der Waals surface area contributed by atoms with Crippen molar-refractivity contribution in [2.75, 3.05) is 0 Å². The molecule has 0 bridgehead atoms. The van der Waals surface area contributed by atoms with Gasteiger partial charge in [-0.05, 0) is 28.3 Å². The molecule has 0 unspecified atom stereocenters. The average molecular weight is 498 g/mol. The summed E-state index contributed by atoms with van der Waals surface area (Å²) in [6, 6.07) is 16.4. The molecule has 6 heteroatoms. The van der Waals surface area contributed by atoms with Crippen LogP contribution in [0.3, 0.4) is 0 Å². The fourth-order valence-corrected chi connectivity index (χ4v) is 4.18. The van der Waals surface area contributed by atoms with Crippen LogP contribution in [0.15, 0.2) is 40.9 Å². The maximum atomic E-state index is 3.50. The van der Waals surface area contributed by atoms with Crippen LogP contribution in [-0.2, 0) is 32.6 Å². The first-order valence-electron chi connectivity index (χ1n) is 5.54. The van der Waals surface area contributed by atoms with Crippen LogP contribution in [0.5, 0.6) is 0 Å². The Morgan fingerprint density at radius 1 is 1.00 bits per heavy atom. The van der Waals surface area contributed by atoms with E-state index in [0.29, 0.717) is 0 Å². The van der Waals surface area contributed by atoms with Gasteiger partial charge in [0.1, 0.15) is 0 Å². The third kappa shape index (κ3) is 3.60. The molecule has 1 heterocycles. The van der Waals surface area contributed by atoms with E-state index in [9.17, 15) is 0 Å². The fraction of sp³-hybridized carbons (Fsp3) is 0.0667. The molecule has 0 spiro atoms. The van der Waals surface area contributed by atoms with E-state index in [1.165, 1.54) is 31.7 Å². The number of hydrogen-bond acceptors (Lipinski definition) is 1. The SMILES string of the molecule is Brc1[c-]c2c(cc1)-c1sc3ccccc3c1C2.[Cl-].[Cl-].[Cl-].[Zr+4]. The molecule has 4 rings (SSSR count). The fourth-order valence-electron chi connectivity index (χ4n) is 2.53. The van der Waals surface area contributed by atoms with Crippen molar-refractivity contribution in [1.29, 1.82) is 0 Å². The first-order chi connectivity index (χ1) is 8.33. The maximum absolute atomic E-state index is 3.50. The Labute approximate surface area is 174 Å². The van der Waals surface area contributed by atoms with Crippen LogP contribution in [0.25, 0.3) is 20.5 Å². The second kappa shape index (κ2) is 8.48. The van der Waals surface area contributed by atoms with Gasteiger partial charge >= 0.3 is 26.2 Å². The van der Waals surface area contributed by atoms with Gasteiger partial charge in [-0.15, -0.1) is 22.5 Å². The van der Waals surface area contributed by atoms with Gasteiger partial charge in [0.05, 0.1) is 0 Å². The molecule has 0 saturated heterocycles. The number of benzene rings is 2. The molecule has 3 aromatic rings. The quantitative estimate of drug-likeness (QED) is 0.218. The minimum Gasteiger partial charge on any atom is -1.00 e. The molecule has 0 aliphatic heterocycles. The van der Waals surface area contributed by atoms with Crippen molar-refractivity contribution in [2.24, 2.45) is 0 Å². The Morgan fingerprint density at radius 2 is 1.71 bits per heavy atom. The first-order valence-corrected chi connectivity index (χ1v) is 7.15. The Morgan fingerprint density at radius 3 is 2.48 bits per heavy atom. The first kappa shape index (κ1) is 21.6. The van der Waals surface area contributed by atoms with E-state index < -0.39 is 0 Å². The van der Waals surface area contributed by atoms with Gasteiger partial charge in [0.25, 0.3) is 0 Å². The van der Waals surface area contributed by atoms with Gasteiger partial charge in [0, 0.05) is 4.70 Å². The largest absolute Gasteiger partial charge is 4.00 e. The van der Waals surface area contributed by atoms with E-state index in [2.05, 4.69) is 58.4 Å². The van der Waals surface area contributed by atoms with E-state index in [1.807, 2.05) is 11.3 Å². The van der Waals surface area contributed by atoms with Crippen LogP contribution in [0.1, 0.15) is 11.1 Å². The monoisotopic (exact) mass is 494 g/mol. The normalized spacial score (nSPS) is 10.3. The molecular weight excluding hydrogens is 490 g/mol. The zero-order chi connectivity index (χ0) is 11.4. The predicted octanol–water partition coefficient (Wildman–Crippen LogP) is -3.96. The third-order valence-corrected chi connectivity index (χ3v) is 5.00. The van der Waals surface area contributed by atoms with Gasteiger partial charge in [0.2, 0.25) is 0 Å². The standard InChI is InChI=1S/C15H8BrS.3ClH.Zr/c16-10-5-6-11-9(7-10)8-13-12-3-1-2-4-14(12)17-15(11)13;;;;/h1-6H,8H2;3*1H;/q-1;;;;+4/p-3. The summed E-state index contributed by atoms with van der Waals surface area (Å²) in [6.07, 6.45) is 1.02. The molecule has 0 fully saturated rings. The molecule has 2 aromatic carbocycles. The van der Waals surface area contributed by atoms with Gasteiger partial charge in [-0.1, -0.05) is 38.6 Å². The molecule has 1 aromatic heterocycles. The number of hydrogen-bond donors (Lipinski definition) is 0. The summed E-state index contributed by atoms with van der Waals surface area (Å²) in [5.41, 5.74) is 4.17. The number of rotatable bonds is 0. The second-order valence-corrected chi connectivity index (χ2v) is 6.19. The molecule has 106 valence electrons. The average Bonchev–Trinajstić information content (AvgIpc) is 2.84. The predicted molar refractivity (Wildman–Crippen MR) is 76.6 cm³/mol. The molecule has 1 aliphatic rings. The maximum Gasteiger partial charge on any atom is 4.00 e. The van der Waals surface area contributed by atoms with Crippen molar-refractivity contribution in [1.82, 2.24) is 0 Å². The molecule has 0 nitrogen and oxygen atoms in total. The van der Waals surface area contributed by atoms with E-state index >= 15 is 0 Å². The molecule has 1 aliphatic carbocycles. The van der Waals surface area contributed by atoms with Crippen LogP contribution in [0.2, 0.25) is 0 Å². The Kier molecular flexibility index (Phi) is 8.73. The van der Waals surface area contributed by atoms with Crippen LogP contribution in [0, 0.1) is 6.07 Å². The summed E-state index contributed by atoms with van der Waals surface area (Å²) in [7, 11) is 0. The summed E-state index contributed by atoms with van der Waals surface area (Å²) in [4.78, 5) is 1.44. The third-order valence-electron chi connectivity index (χ3n) is 3.29. The van der Waals surface area contributed by atoms with Crippen molar-refractivity contribution in [3.8, 4) is 10.4 Å². The minimum absolute atomic E-state index is 0. The van der Waals surface area contributed by atoms with Gasteiger partial charge < -0.3 is 37.2 Å². The molecule has 21 heavy (non-hydrogen) atoms. The Balaban J connectivity index is 0.000001000.